The molecule has 134 valence electrons. The number of aryl methyl sites for hydroxylation is 2. The van der Waals surface area contributed by atoms with Crippen LogP contribution in [0.1, 0.15) is 16.0 Å². The fourth-order valence-electron chi connectivity index (χ4n) is 3.45. The molecule has 0 N–H and O–H groups in total. The summed E-state index contributed by atoms with van der Waals surface area (Å²) in [6.07, 6.45) is 6.18. The summed E-state index contributed by atoms with van der Waals surface area (Å²) < 4.78 is 0. The first-order chi connectivity index (χ1) is 12.7. The zero-order valence-corrected chi connectivity index (χ0v) is 16.2. The first kappa shape index (κ1) is 17.2. The molecule has 0 radical (unpaired) electrons. The number of benzene rings is 1. The van der Waals surface area contributed by atoms with E-state index in [-0.39, 0.29) is 0 Å². The molecule has 0 amide bonds. The summed E-state index contributed by atoms with van der Waals surface area (Å²) in [5.41, 5.74) is 2.59. The molecule has 1 aliphatic heterocycles. The van der Waals surface area contributed by atoms with Gasteiger partial charge in [0.15, 0.2) is 0 Å². The summed E-state index contributed by atoms with van der Waals surface area (Å²) in [5.74, 6) is 1.11. The van der Waals surface area contributed by atoms with E-state index in [0.29, 0.717) is 0 Å². The van der Waals surface area contributed by atoms with Gasteiger partial charge in [-0.3, -0.25) is 4.90 Å². The first-order valence-corrected chi connectivity index (χ1v) is 9.93. The van der Waals surface area contributed by atoms with Crippen LogP contribution in [0.2, 0.25) is 0 Å². The Balaban J connectivity index is 1.40. The Bertz CT molecular complexity index is 908. The largest absolute Gasteiger partial charge is 0.353 e. The summed E-state index contributed by atoms with van der Waals surface area (Å²) in [6.45, 7) is 9.51. The molecule has 0 aliphatic carbocycles. The number of piperazine rings is 1. The minimum Gasteiger partial charge on any atom is -0.353 e. The smallest absolute Gasteiger partial charge is 0.141 e. The Hall–Kier alpha value is -2.24. The van der Waals surface area contributed by atoms with Crippen LogP contribution in [0.4, 0.5) is 5.82 Å². The lowest BCUT2D eigenvalue weighted by Crippen LogP contribution is -2.46. The van der Waals surface area contributed by atoms with Crippen LogP contribution in [-0.4, -0.2) is 47.6 Å². The van der Waals surface area contributed by atoms with Gasteiger partial charge in [0, 0.05) is 37.6 Å². The average molecular weight is 365 g/mol. The van der Waals surface area contributed by atoms with Crippen molar-refractivity contribution in [3.8, 4) is 0 Å². The fourth-order valence-corrected chi connectivity index (χ4v) is 4.44. The molecule has 0 bridgehead atoms. The molecule has 3 aromatic rings. The zero-order chi connectivity index (χ0) is 17.9. The quantitative estimate of drug-likeness (QED) is 0.696. The van der Waals surface area contributed by atoms with Crippen LogP contribution in [0.25, 0.3) is 16.3 Å². The molecular weight excluding hydrogens is 340 g/mol. The van der Waals surface area contributed by atoms with Gasteiger partial charge in [0.1, 0.15) is 17.0 Å². The normalized spacial score (nSPS) is 16.0. The number of nitrogens with zero attached hydrogens (tertiary/aromatic N) is 4. The van der Waals surface area contributed by atoms with Crippen molar-refractivity contribution >= 4 is 33.4 Å². The number of fused-ring (bicyclic) bond motifs is 1. The highest BCUT2D eigenvalue weighted by molar-refractivity contribution is 7.18. The molecule has 0 atom stereocenters. The summed E-state index contributed by atoms with van der Waals surface area (Å²) in [6, 6.07) is 10.5. The van der Waals surface area contributed by atoms with Crippen molar-refractivity contribution < 1.29 is 0 Å². The molecule has 1 aromatic carbocycles. The van der Waals surface area contributed by atoms with E-state index in [2.05, 4.69) is 76.1 Å². The third kappa shape index (κ3) is 3.50. The van der Waals surface area contributed by atoms with Crippen LogP contribution in [0.15, 0.2) is 42.7 Å². The van der Waals surface area contributed by atoms with E-state index < -0.39 is 0 Å². The van der Waals surface area contributed by atoms with E-state index in [0.717, 1.165) is 43.4 Å². The molecule has 26 heavy (non-hydrogen) atoms. The molecule has 0 saturated carbocycles. The number of thiophene rings is 1. The summed E-state index contributed by atoms with van der Waals surface area (Å²) in [4.78, 5) is 16.5. The van der Waals surface area contributed by atoms with E-state index in [1.165, 1.54) is 21.4 Å². The Kier molecular flexibility index (Phi) is 5.00. The Morgan fingerprint density at radius 1 is 1.04 bits per heavy atom. The van der Waals surface area contributed by atoms with Crippen LogP contribution in [0.3, 0.4) is 0 Å². The second-order valence-electron chi connectivity index (χ2n) is 6.76. The maximum Gasteiger partial charge on any atom is 0.141 e. The van der Waals surface area contributed by atoms with Crippen molar-refractivity contribution in [3.05, 3.63) is 58.7 Å². The topological polar surface area (TPSA) is 32.3 Å². The molecule has 1 fully saturated rings. The van der Waals surface area contributed by atoms with E-state index >= 15 is 0 Å². The molecule has 0 unspecified atom stereocenters. The highest BCUT2D eigenvalue weighted by Gasteiger charge is 2.21. The van der Waals surface area contributed by atoms with Crippen molar-refractivity contribution in [2.24, 2.45) is 0 Å². The number of aromatic nitrogens is 2. The first-order valence-electron chi connectivity index (χ1n) is 9.12. The van der Waals surface area contributed by atoms with Gasteiger partial charge in [0.05, 0.1) is 5.39 Å². The van der Waals surface area contributed by atoms with Gasteiger partial charge in [0.25, 0.3) is 0 Å². The van der Waals surface area contributed by atoms with Gasteiger partial charge >= 0.3 is 0 Å². The number of hydrogen-bond acceptors (Lipinski definition) is 5. The fraction of sp³-hybridized carbons (Fsp3) is 0.333. The van der Waals surface area contributed by atoms with Gasteiger partial charge in [-0.05, 0) is 25.0 Å². The molecule has 3 heterocycles. The maximum absolute atomic E-state index is 4.62. The van der Waals surface area contributed by atoms with E-state index in [1.807, 2.05) is 0 Å². The van der Waals surface area contributed by atoms with E-state index in [4.69, 9.17) is 0 Å². The zero-order valence-electron chi connectivity index (χ0n) is 15.4. The molecule has 1 saturated heterocycles. The minimum atomic E-state index is 0.999. The molecule has 4 nitrogen and oxygen atoms in total. The predicted octanol–water partition coefficient (Wildman–Crippen LogP) is 4.14. The molecule has 0 spiro atoms. The van der Waals surface area contributed by atoms with Crippen LogP contribution < -0.4 is 4.90 Å². The standard InChI is InChI=1S/C21H24N4S/c1-16-17(2)26-21-19(16)20(22-15-23-21)25-13-11-24(12-14-25)10-6-9-18-7-4-3-5-8-18/h3-9,15H,10-14H2,1-2H3. The third-order valence-electron chi connectivity index (χ3n) is 5.09. The minimum absolute atomic E-state index is 0.999. The van der Waals surface area contributed by atoms with Crippen LogP contribution in [0.5, 0.6) is 0 Å². The highest BCUT2D eigenvalue weighted by Crippen LogP contribution is 2.34. The van der Waals surface area contributed by atoms with Gasteiger partial charge < -0.3 is 4.90 Å². The molecular formula is C21H24N4S. The van der Waals surface area contributed by atoms with Crippen molar-refractivity contribution in [3.63, 3.8) is 0 Å². The lowest BCUT2D eigenvalue weighted by atomic mass is 10.2. The van der Waals surface area contributed by atoms with Gasteiger partial charge in [-0.25, -0.2) is 9.97 Å². The predicted molar refractivity (Wildman–Crippen MR) is 111 cm³/mol. The molecule has 4 rings (SSSR count). The Morgan fingerprint density at radius 2 is 1.81 bits per heavy atom. The lowest BCUT2D eigenvalue weighted by molar-refractivity contribution is 0.284. The Labute approximate surface area is 158 Å². The summed E-state index contributed by atoms with van der Waals surface area (Å²) >= 11 is 1.77. The summed E-state index contributed by atoms with van der Waals surface area (Å²) in [5, 5.41) is 1.24. The monoisotopic (exact) mass is 364 g/mol. The van der Waals surface area contributed by atoms with Crippen LogP contribution in [0, 0.1) is 13.8 Å². The van der Waals surface area contributed by atoms with Crippen molar-refractivity contribution in [2.75, 3.05) is 37.6 Å². The summed E-state index contributed by atoms with van der Waals surface area (Å²) in [7, 11) is 0. The average Bonchev–Trinajstić information content (AvgIpc) is 2.97. The van der Waals surface area contributed by atoms with E-state index in [9.17, 15) is 0 Å². The highest BCUT2D eigenvalue weighted by atomic mass is 32.1. The van der Waals surface area contributed by atoms with Gasteiger partial charge in [-0.15, -0.1) is 11.3 Å². The molecule has 1 aliphatic rings. The van der Waals surface area contributed by atoms with Crippen molar-refractivity contribution in [1.29, 1.82) is 0 Å². The van der Waals surface area contributed by atoms with Crippen LogP contribution >= 0.6 is 11.3 Å². The van der Waals surface area contributed by atoms with Gasteiger partial charge in [-0.2, -0.15) is 0 Å². The third-order valence-corrected chi connectivity index (χ3v) is 6.21. The van der Waals surface area contributed by atoms with Crippen molar-refractivity contribution in [2.45, 2.75) is 13.8 Å². The number of hydrogen-bond donors (Lipinski definition) is 0. The van der Waals surface area contributed by atoms with Gasteiger partial charge in [-0.1, -0.05) is 42.5 Å². The van der Waals surface area contributed by atoms with Crippen molar-refractivity contribution in [1.82, 2.24) is 14.9 Å². The number of anilines is 1. The van der Waals surface area contributed by atoms with Crippen LogP contribution in [-0.2, 0) is 0 Å². The molecule has 5 heteroatoms. The maximum atomic E-state index is 4.62. The SMILES string of the molecule is Cc1sc2ncnc(N3CCN(CC=Cc4ccccc4)CC3)c2c1C. The Morgan fingerprint density at radius 3 is 2.58 bits per heavy atom. The number of rotatable bonds is 4. The molecule has 2 aromatic heterocycles. The van der Waals surface area contributed by atoms with Gasteiger partial charge in [0.2, 0.25) is 0 Å². The lowest BCUT2D eigenvalue weighted by Gasteiger charge is -2.35. The second-order valence-corrected chi connectivity index (χ2v) is 7.96. The second kappa shape index (κ2) is 7.56. The van der Waals surface area contributed by atoms with E-state index in [1.54, 1.807) is 17.7 Å².